The topological polar surface area (TPSA) is 12.0 Å². The molecule has 0 aromatic heterocycles. The Kier molecular flexibility index (Phi) is 2.94. The fourth-order valence-electron chi connectivity index (χ4n) is 1.65. The quantitative estimate of drug-likeness (QED) is 0.797. The molecule has 2 rings (SSSR count). The van der Waals surface area contributed by atoms with Crippen LogP contribution in [0.4, 0.5) is 36.4 Å². The number of anilines is 1. The predicted molar refractivity (Wildman–Crippen MR) is 53.0 cm³/mol. The van der Waals surface area contributed by atoms with Crippen LogP contribution in [0.2, 0.25) is 0 Å². The molecule has 1 aromatic carbocycles. The van der Waals surface area contributed by atoms with Gasteiger partial charge in [-0.1, -0.05) is 0 Å². The molecule has 0 aliphatic heterocycles. The van der Waals surface area contributed by atoms with Crippen LogP contribution in [0, 0.1) is 5.82 Å². The van der Waals surface area contributed by atoms with E-state index in [2.05, 4.69) is 0 Å². The SMILES string of the molecule is Fc1cc(C(F)(F)F)ccc1NC1(C(F)(F)F)CC1. The van der Waals surface area contributed by atoms with Crippen molar-refractivity contribution < 1.29 is 30.7 Å². The van der Waals surface area contributed by atoms with E-state index in [0.29, 0.717) is 12.1 Å². The van der Waals surface area contributed by atoms with Gasteiger partial charge in [0.25, 0.3) is 0 Å². The maximum absolute atomic E-state index is 13.4. The van der Waals surface area contributed by atoms with Crippen LogP contribution in [0.15, 0.2) is 18.2 Å². The van der Waals surface area contributed by atoms with Gasteiger partial charge in [0.2, 0.25) is 0 Å². The highest BCUT2D eigenvalue weighted by Crippen LogP contribution is 2.51. The molecule has 106 valence electrons. The van der Waals surface area contributed by atoms with Crippen LogP contribution >= 0.6 is 0 Å². The summed E-state index contributed by atoms with van der Waals surface area (Å²) in [5.74, 6) is -1.36. The van der Waals surface area contributed by atoms with Crippen molar-refractivity contribution >= 4 is 5.69 Å². The molecule has 1 fully saturated rings. The molecule has 0 atom stereocenters. The molecule has 0 unspecified atom stereocenters. The summed E-state index contributed by atoms with van der Waals surface area (Å²) in [5.41, 5.74) is -4.04. The Morgan fingerprint density at radius 1 is 1.00 bits per heavy atom. The monoisotopic (exact) mass is 287 g/mol. The zero-order chi connectivity index (χ0) is 14.5. The van der Waals surface area contributed by atoms with Gasteiger partial charge in [0.1, 0.15) is 11.4 Å². The van der Waals surface area contributed by atoms with E-state index in [-0.39, 0.29) is 18.9 Å². The van der Waals surface area contributed by atoms with Crippen LogP contribution < -0.4 is 5.32 Å². The van der Waals surface area contributed by atoms with Gasteiger partial charge in [0.15, 0.2) is 0 Å². The molecule has 8 heteroatoms. The summed E-state index contributed by atoms with van der Waals surface area (Å²) in [6.45, 7) is 0. The maximum atomic E-state index is 13.4. The predicted octanol–water partition coefficient (Wildman–Crippen LogP) is 4.35. The van der Waals surface area contributed by atoms with Crippen molar-refractivity contribution in [2.75, 3.05) is 5.32 Å². The molecular formula is C11H8F7N. The van der Waals surface area contributed by atoms with Crippen molar-refractivity contribution in [1.29, 1.82) is 0 Å². The molecule has 1 aliphatic carbocycles. The number of benzene rings is 1. The third kappa shape index (κ3) is 2.62. The van der Waals surface area contributed by atoms with Crippen LogP contribution in [0.3, 0.4) is 0 Å². The van der Waals surface area contributed by atoms with E-state index in [1.165, 1.54) is 0 Å². The summed E-state index contributed by atoms with van der Waals surface area (Å²) in [4.78, 5) is 0. The van der Waals surface area contributed by atoms with Gasteiger partial charge < -0.3 is 5.32 Å². The summed E-state index contributed by atoms with van der Waals surface area (Å²) in [5, 5.41) is 1.95. The van der Waals surface area contributed by atoms with Crippen molar-refractivity contribution in [3.63, 3.8) is 0 Å². The van der Waals surface area contributed by atoms with Crippen molar-refractivity contribution in [1.82, 2.24) is 0 Å². The average molecular weight is 287 g/mol. The Hall–Kier alpha value is -1.47. The van der Waals surface area contributed by atoms with Gasteiger partial charge in [-0.2, -0.15) is 26.3 Å². The fraction of sp³-hybridized carbons (Fsp3) is 0.455. The van der Waals surface area contributed by atoms with Gasteiger partial charge in [0, 0.05) is 0 Å². The van der Waals surface area contributed by atoms with E-state index >= 15 is 0 Å². The second-order valence-corrected chi connectivity index (χ2v) is 4.40. The van der Waals surface area contributed by atoms with E-state index in [1.54, 1.807) is 0 Å². The molecule has 1 saturated carbocycles. The molecule has 19 heavy (non-hydrogen) atoms. The molecule has 1 aliphatic rings. The highest BCUT2D eigenvalue weighted by atomic mass is 19.4. The normalized spacial score (nSPS) is 18.3. The molecule has 0 radical (unpaired) electrons. The molecule has 0 bridgehead atoms. The fourth-order valence-corrected chi connectivity index (χ4v) is 1.65. The smallest absolute Gasteiger partial charge is 0.369 e. The standard InChI is InChI=1S/C11H8F7N/c12-7-5-6(10(13,14)15)1-2-8(7)19-9(3-4-9)11(16,17)18/h1-2,5,19H,3-4H2. The summed E-state index contributed by atoms with van der Waals surface area (Å²) in [6, 6.07) is 1.39. The first-order valence-corrected chi connectivity index (χ1v) is 5.27. The Labute approximate surface area is 103 Å². The molecule has 0 heterocycles. The largest absolute Gasteiger partial charge is 0.416 e. The maximum Gasteiger partial charge on any atom is 0.416 e. The molecule has 1 nitrogen and oxygen atoms in total. The summed E-state index contributed by atoms with van der Waals surface area (Å²) in [7, 11) is 0. The Bertz CT molecular complexity index is 485. The number of hydrogen-bond acceptors (Lipinski definition) is 1. The van der Waals surface area contributed by atoms with Crippen LogP contribution in [-0.4, -0.2) is 11.7 Å². The first-order chi connectivity index (χ1) is 8.55. The van der Waals surface area contributed by atoms with Crippen molar-refractivity contribution in [2.24, 2.45) is 0 Å². The molecule has 0 spiro atoms. The van der Waals surface area contributed by atoms with Crippen LogP contribution in [0.5, 0.6) is 0 Å². The van der Waals surface area contributed by atoms with Crippen molar-refractivity contribution in [3.8, 4) is 0 Å². The second-order valence-electron chi connectivity index (χ2n) is 4.40. The highest BCUT2D eigenvalue weighted by Gasteiger charge is 2.63. The van der Waals surface area contributed by atoms with Crippen molar-refractivity contribution in [2.45, 2.75) is 30.7 Å². The van der Waals surface area contributed by atoms with Gasteiger partial charge in [-0.15, -0.1) is 0 Å². The lowest BCUT2D eigenvalue weighted by molar-refractivity contribution is -0.151. The Morgan fingerprint density at radius 2 is 1.58 bits per heavy atom. The molecule has 1 N–H and O–H groups in total. The lowest BCUT2D eigenvalue weighted by Gasteiger charge is -2.22. The molecule has 0 amide bonds. The lowest BCUT2D eigenvalue weighted by atomic mass is 10.1. The minimum absolute atomic E-state index is 0.175. The van der Waals surface area contributed by atoms with Crippen LogP contribution in [0.1, 0.15) is 18.4 Å². The number of rotatable bonds is 2. The number of nitrogens with one attached hydrogen (secondary N) is 1. The summed E-state index contributed by atoms with van der Waals surface area (Å²) >= 11 is 0. The molecule has 1 aromatic rings. The molecule has 0 saturated heterocycles. The van der Waals surface area contributed by atoms with Gasteiger partial charge in [-0.05, 0) is 31.0 Å². The van der Waals surface area contributed by atoms with E-state index < -0.39 is 35.0 Å². The van der Waals surface area contributed by atoms with E-state index in [4.69, 9.17) is 0 Å². The zero-order valence-corrected chi connectivity index (χ0v) is 9.29. The van der Waals surface area contributed by atoms with E-state index in [1.807, 2.05) is 5.32 Å². The number of alkyl halides is 6. The van der Waals surface area contributed by atoms with Crippen LogP contribution in [0.25, 0.3) is 0 Å². The van der Waals surface area contributed by atoms with Crippen molar-refractivity contribution in [3.05, 3.63) is 29.6 Å². The third-order valence-corrected chi connectivity index (χ3v) is 2.96. The average Bonchev–Trinajstić information content (AvgIpc) is 2.99. The third-order valence-electron chi connectivity index (χ3n) is 2.96. The summed E-state index contributed by atoms with van der Waals surface area (Å²) < 4.78 is 88.1. The minimum Gasteiger partial charge on any atom is -0.369 e. The number of halogens is 7. The van der Waals surface area contributed by atoms with Gasteiger partial charge in [-0.3, -0.25) is 0 Å². The zero-order valence-electron chi connectivity index (χ0n) is 9.29. The van der Waals surface area contributed by atoms with E-state index in [0.717, 1.165) is 0 Å². The molecular weight excluding hydrogens is 279 g/mol. The van der Waals surface area contributed by atoms with Gasteiger partial charge in [-0.25, -0.2) is 4.39 Å². The number of hydrogen-bond donors (Lipinski definition) is 1. The Morgan fingerprint density at radius 3 is 1.95 bits per heavy atom. The second kappa shape index (κ2) is 4.01. The minimum atomic E-state index is -4.74. The van der Waals surface area contributed by atoms with Crippen LogP contribution in [-0.2, 0) is 6.18 Å². The highest BCUT2D eigenvalue weighted by molar-refractivity contribution is 5.51. The van der Waals surface area contributed by atoms with Gasteiger partial charge >= 0.3 is 12.4 Å². The first kappa shape index (κ1) is 14.0. The summed E-state index contributed by atoms with van der Waals surface area (Å²) in [6.07, 6.45) is -9.75. The first-order valence-electron chi connectivity index (χ1n) is 5.27. The lowest BCUT2D eigenvalue weighted by Crippen LogP contribution is -2.38. The van der Waals surface area contributed by atoms with Gasteiger partial charge in [0.05, 0.1) is 11.3 Å². The van der Waals surface area contributed by atoms with E-state index in [9.17, 15) is 30.7 Å². The Balaban J connectivity index is 2.24.